The molecule has 2 amide bonds. The molecule has 110 valence electrons. The molecule has 1 aliphatic rings. The standard InChI is InChI=1S/C12H22N2O5/c1-3-8(2)10(11(16)17)13-12(18)14-4-5-19-9(6-14)7-15/h8-10,15H,3-7H2,1-2H3,(H,13,18)(H,16,17). The Morgan fingerprint density at radius 3 is 2.74 bits per heavy atom. The van der Waals surface area contributed by atoms with Crippen molar-refractivity contribution in [3.05, 3.63) is 0 Å². The Morgan fingerprint density at radius 2 is 2.21 bits per heavy atom. The molecule has 0 bridgehead atoms. The molecule has 3 N–H and O–H groups in total. The zero-order chi connectivity index (χ0) is 14.4. The van der Waals surface area contributed by atoms with Crippen LogP contribution >= 0.6 is 0 Å². The number of aliphatic hydroxyl groups excluding tert-OH is 1. The van der Waals surface area contributed by atoms with Crippen LogP contribution in [-0.4, -0.2) is 65.6 Å². The molecule has 0 aromatic carbocycles. The van der Waals surface area contributed by atoms with Crippen LogP contribution in [0.15, 0.2) is 0 Å². The van der Waals surface area contributed by atoms with E-state index in [0.717, 1.165) is 0 Å². The van der Waals surface area contributed by atoms with Crippen LogP contribution in [0, 0.1) is 5.92 Å². The van der Waals surface area contributed by atoms with E-state index in [1.807, 2.05) is 6.92 Å². The minimum absolute atomic E-state index is 0.142. The van der Waals surface area contributed by atoms with Gasteiger partial charge in [0.2, 0.25) is 0 Å². The fourth-order valence-electron chi connectivity index (χ4n) is 1.92. The number of nitrogens with zero attached hydrogens (tertiary/aromatic N) is 1. The van der Waals surface area contributed by atoms with Crippen molar-refractivity contribution in [3.8, 4) is 0 Å². The quantitative estimate of drug-likeness (QED) is 0.649. The van der Waals surface area contributed by atoms with Crippen molar-refractivity contribution in [2.24, 2.45) is 5.92 Å². The monoisotopic (exact) mass is 274 g/mol. The minimum atomic E-state index is -1.03. The number of morpholine rings is 1. The normalized spacial score (nSPS) is 22.7. The van der Waals surface area contributed by atoms with Crippen LogP contribution < -0.4 is 5.32 Å². The van der Waals surface area contributed by atoms with Gasteiger partial charge in [-0.3, -0.25) is 0 Å². The molecule has 0 spiro atoms. The SMILES string of the molecule is CCC(C)C(NC(=O)N1CCOC(CO)C1)C(=O)O. The van der Waals surface area contributed by atoms with Crippen molar-refractivity contribution >= 4 is 12.0 Å². The first-order chi connectivity index (χ1) is 8.99. The van der Waals surface area contributed by atoms with Gasteiger partial charge in [0.15, 0.2) is 0 Å². The topological polar surface area (TPSA) is 99.1 Å². The lowest BCUT2D eigenvalue weighted by atomic mass is 9.99. The summed E-state index contributed by atoms with van der Waals surface area (Å²) in [4.78, 5) is 24.6. The van der Waals surface area contributed by atoms with Crippen molar-refractivity contribution in [1.82, 2.24) is 10.2 Å². The average Bonchev–Trinajstić information content (AvgIpc) is 2.43. The number of urea groups is 1. The second kappa shape index (κ2) is 7.30. The molecule has 1 heterocycles. The fourth-order valence-corrected chi connectivity index (χ4v) is 1.92. The Bertz CT molecular complexity index is 323. The smallest absolute Gasteiger partial charge is 0.326 e. The molecule has 0 saturated carbocycles. The van der Waals surface area contributed by atoms with Gasteiger partial charge in [0, 0.05) is 6.54 Å². The van der Waals surface area contributed by atoms with E-state index in [2.05, 4.69) is 5.32 Å². The first-order valence-corrected chi connectivity index (χ1v) is 6.50. The molecule has 0 aromatic rings. The molecule has 1 rings (SSSR count). The summed E-state index contributed by atoms with van der Waals surface area (Å²) >= 11 is 0. The van der Waals surface area contributed by atoms with E-state index in [-0.39, 0.29) is 19.1 Å². The van der Waals surface area contributed by atoms with E-state index >= 15 is 0 Å². The summed E-state index contributed by atoms with van der Waals surface area (Å²) in [7, 11) is 0. The van der Waals surface area contributed by atoms with Gasteiger partial charge in [0.05, 0.1) is 25.9 Å². The van der Waals surface area contributed by atoms with Crippen LogP contribution in [0.2, 0.25) is 0 Å². The maximum atomic E-state index is 12.0. The number of nitrogens with one attached hydrogen (secondary N) is 1. The molecule has 1 fully saturated rings. The summed E-state index contributed by atoms with van der Waals surface area (Å²) in [5, 5.41) is 20.7. The van der Waals surface area contributed by atoms with Crippen LogP contribution in [0.5, 0.6) is 0 Å². The van der Waals surface area contributed by atoms with Crippen molar-refractivity contribution in [2.75, 3.05) is 26.3 Å². The van der Waals surface area contributed by atoms with Crippen LogP contribution in [0.4, 0.5) is 4.79 Å². The van der Waals surface area contributed by atoms with Gasteiger partial charge in [-0.05, 0) is 5.92 Å². The number of carboxylic acids is 1. The minimum Gasteiger partial charge on any atom is -0.480 e. The third-order valence-electron chi connectivity index (χ3n) is 3.39. The Kier molecular flexibility index (Phi) is 6.04. The van der Waals surface area contributed by atoms with Gasteiger partial charge < -0.3 is 25.2 Å². The van der Waals surface area contributed by atoms with Gasteiger partial charge in [0.25, 0.3) is 0 Å². The maximum absolute atomic E-state index is 12.0. The number of rotatable bonds is 5. The van der Waals surface area contributed by atoms with Gasteiger partial charge in [-0.15, -0.1) is 0 Å². The van der Waals surface area contributed by atoms with Gasteiger partial charge >= 0.3 is 12.0 Å². The molecule has 0 aromatic heterocycles. The number of carboxylic acid groups (broad SMARTS) is 1. The summed E-state index contributed by atoms with van der Waals surface area (Å²) in [5.74, 6) is -1.18. The molecule has 0 radical (unpaired) electrons. The van der Waals surface area contributed by atoms with Gasteiger partial charge in [-0.2, -0.15) is 0 Å². The number of aliphatic carboxylic acids is 1. The average molecular weight is 274 g/mol. The van der Waals surface area contributed by atoms with E-state index in [1.165, 1.54) is 4.90 Å². The van der Waals surface area contributed by atoms with E-state index in [4.69, 9.17) is 14.9 Å². The summed E-state index contributed by atoms with van der Waals surface area (Å²) in [6.45, 7) is 4.53. The van der Waals surface area contributed by atoms with Crippen LogP contribution in [0.3, 0.4) is 0 Å². The van der Waals surface area contributed by atoms with Gasteiger partial charge in [-0.25, -0.2) is 9.59 Å². The lowest BCUT2D eigenvalue weighted by Gasteiger charge is -2.33. The highest BCUT2D eigenvalue weighted by Crippen LogP contribution is 2.10. The summed E-state index contributed by atoms with van der Waals surface area (Å²) < 4.78 is 5.24. The van der Waals surface area contributed by atoms with Gasteiger partial charge in [-0.1, -0.05) is 20.3 Å². The number of hydrogen-bond acceptors (Lipinski definition) is 4. The molecule has 19 heavy (non-hydrogen) atoms. The zero-order valence-electron chi connectivity index (χ0n) is 11.3. The molecule has 1 aliphatic heterocycles. The van der Waals surface area contributed by atoms with E-state index < -0.39 is 24.1 Å². The predicted octanol–water partition coefficient (Wildman–Crippen LogP) is -0.112. The lowest BCUT2D eigenvalue weighted by Crippen LogP contribution is -2.55. The van der Waals surface area contributed by atoms with Gasteiger partial charge in [0.1, 0.15) is 6.04 Å². The number of amides is 2. The van der Waals surface area contributed by atoms with Crippen molar-refractivity contribution < 1.29 is 24.5 Å². The fraction of sp³-hybridized carbons (Fsp3) is 0.833. The van der Waals surface area contributed by atoms with E-state index in [9.17, 15) is 9.59 Å². The third-order valence-corrected chi connectivity index (χ3v) is 3.39. The second-order valence-corrected chi connectivity index (χ2v) is 4.77. The highest BCUT2D eigenvalue weighted by atomic mass is 16.5. The Morgan fingerprint density at radius 1 is 1.53 bits per heavy atom. The number of ether oxygens (including phenoxy) is 1. The van der Waals surface area contributed by atoms with Crippen molar-refractivity contribution in [1.29, 1.82) is 0 Å². The van der Waals surface area contributed by atoms with Crippen LogP contribution in [0.1, 0.15) is 20.3 Å². The third kappa shape index (κ3) is 4.36. The molecular formula is C12H22N2O5. The number of aliphatic hydroxyl groups is 1. The first kappa shape index (κ1) is 15.7. The van der Waals surface area contributed by atoms with E-state index in [1.54, 1.807) is 6.92 Å². The summed E-state index contributed by atoms with van der Waals surface area (Å²) in [6, 6.07) is -1.32. The summed E-state index contributed by atoms with van der Waals surface area (Å²) in [5.41, 5.74) is 0. The number of carbonyl (C=O) groups excluding carboxylic acids is 1. The Hall–Kier alpha value is -1.34. The Balaban J connectivity index is 2.58. The predicted molar refractivity (Wildman–Crippen MR) is 67.8 cm³/mol. The highest BCUT2D eigenvalue weighted by molar-refractivity contribution is 5.82. The summed E-state index contributed by atoms with van der Waals surface area (Å²) in [6.07, 6.45) is 0.269. The molecule has 3 atom stereocenters. The number of hydrogen-bond donors (Lipinski definition) is 3. The van der Waals surface area contributed by atoms with Crippen molar-refractivity contribution in [2.45, 2.75) is 32.4 Å². The highest BCUT2D eigenvalue weighted by Gasteiger charge is 2.29. The van der Waals surface area contributed by atoms with Crippen molar-refractivity contribution in [3.63, 3.8) is 0 Å². The molecule has 7 nitrogen and oxygen atoms in total. The number of carbonyl (C=O) groups is 2. The van der Waals surface area contributed by atoms with E-state index in [0.29, 0.717) is 19.6 Å². The molecule has 7 heteroatoms. The zero-order valence-corrected chi connectivity index (χ0v) is 11.3. The van der Waals surface area contributed by atoms with Crippen LogP contribution in [-0.2, 0) is 9.53 Å². The van der Waals surface area contributed by atoms with Crippen LogP contribution in [0.25, 0.3) is 0 Å². The Labute approximate surface area is 112 Å². The second-order valence-electron chi connectivity index (χ2n) is 4.77. The molecule has 0 aliphatic carbocycles. The first-order valence-electron chi connectivity index (χ1n) is 6.50. The molecular weight excluding hydrogens is 252 g/mol. The maximum Gasteiger partial charge on any atom is 0.326 e. The largest absolute Gasteiger partial charge is 0.480 e. The lowest BCUT2D eigenvalue weighted by molar-refractivity contribution is -0.140. The molecule has 1 saturated heterocycles. The molecule has 3 unspecified atom stereocenters.